The van der Waals surface area contributed by atoms with Crippen molar-refractivity contribution in [3.8, 4) is 11.1 Å². The molecule has 1 aromatic carbocycles. The second-order valence-electron chi connectivity index (χ2n) is 4.66. The van der Waals surface area contributed by atoms with E-state index in [4.69, 9.17) is 0 Å². The van der Waals surface area contributed by atoms with Crippen molar-refractivity contribution in [1.82, 2.24) is 4.98 Å². The zero-order valence-electron chi connectivity index (χ0n) is 11.3. The number of rotatable bonds is 1. The van der Waals surface area contributed by atoms with Gasteiger partial charge >= 0.3 is 18.5 Å². The number of aromatic nitrogens is 1. The van der Waals surface area contributed by atoms with E-state index >= 15 is 0 Å². The van der Waals surface area contributed by atoms with E-state index in [1.54, 1.807) is 0 Å². The molecule has 0 N–H and O–H groups in total. The Morgan fingerprint density at radius 1 is 0.667 bits per heavy atom. The molecule has 130 valence electrons. The molecule has 1 heterocycles. The first-order chi connectivity index (χ1) is 10.8. The fourth-order valence-corrected chi connectivity index (χ4v) is 2.04. The minimum Gasteiger partial charge on any atom is -0.251 e. The van der Waals surface area contributed by atoms with E-state index in [2.05, 4.69) is 4.98 Å². The first kappa shape index (κ1) is 18.1. The highest BCUT2D eigenvalue weighted by atomic mass is 19.4. The van der Waals surface area contributed by atoms with Crippen LogP contribution in [0.25, 0.3) is 11.1 Å². The Kier molecular flexibility index (Phi) is 4.28. The molecule has 2 aromatic rings. The van der Waals surface area contributed by atoms with Gasteiger partial charge in [-0.25, -0.2) is 0 Å². The molecule has 2 rings (SSSR count). The van der Waals surface area contributed by atoms with Gasteiger partial charge in [-0.3, -0.25) is 4.98 Å². The third kappa shape index (κ3) is 3.62. The molecule has 0 aliphatic rings. The Balaban J connectivity index is 2.72. The van der Waals surface area contributed by atoms with Crippen LogP contribution < -0.4 is 0 Å². The maximum absolute atomic E-state index is 12.9. The summed E-state index contributed by atoms with van der Waals surface area (Å²) in [5.74, 6) is 0. The van der Waals surface area contributed by atoms with Crippen LogP contribution in [0.5, 0.6) is 0 Å². The summed E-state index contributed by atoms with van der Waals surface area (Å²) in [6, 6.07) is 3.61. The van der Waals surface area contributed by atoms with Gasteiger partial charge in [-0.15, -0.1) is 0 Å². The lowest BCUT2D eigenvalue weighted by Gasteiger charge is -2.17. The predicted octanol–water partition coefficient (Wildman–Crippen LogP) is 5.81. The SMILES string of the molecule is FC(F)(F)c1ccccc1-c1cnc(C(F)(F)F)c(C(F)(F)F)c1. The van der Waals surface area contributed by atoms with Crippen LogP contribution in [0.4, 0.5) is 39.5 Å². The summed E-state index contributed by atoms with van der Waals surface area (Å²) in [5.41, 5.74) is -7.05. The highest BCUT2D eigenvalue weighted by Crippen LogP contribution is 2.42. The highest BCUT2D eigenvalue weighted by molar-refractivity contribution is 5.68. The Hall–Kier alpha value is -2.26. The van der Waals surface area contributed by atoms with E-state index in [0.29, 0.717) is 12.3 Å². The van der Waals surface area contributed by atoms with Crippen LogP contribution in [0.3, 0.4) is 0 Å². The average Bonchev–Trinajstić information content (AvgIpc) is 2.44. The molecular weight excluding hydrogens is 353 g/mol. The molecule has 10 heteroatoms. The van der Waals surface area contributed by atoms with Crippen LogP contribution in [-0.2, 0) is 18.5 Å². The van der Waals surface area contributed by atoms with Crippen LogP contribution >= 0.6 is 0 Å². The molecule has 0 atom stereocenters. The molecule has 0 fully saturated rings. The molecule has 1 aromatic heterocycles. The van der Waals surface area contributed by atoms with Crippen LogP contribution in [0.2, 0.25) is 0 Å². The molecule has 0 aliphatic heterocycles. The van der Waals surface area contributed by atoms with Crippen LogP contribution in [-0.4, -0.2) is 4.98 Å². The van der Waals surface area contributed by atoms with Gasteiger partial charge in [0.25, 0.3) is 0 Å². The largest absolute Gasteiger partial charge is 0.433 e. The number of hydrogen-bond donors (Lipinski definition) is 0. The van der Waals surface area contributed by atoms with E-state index in [9.17, 15) is 39.5 Å². The van der Waals surface area contributed by atoms with Gasteiger partial charge in [0, 0.05) is 11.8 Å². The Bertz CT molecular complexity index is 741. The smallest absolute Gasteiger partial charge is 0.251 e. The monoisotopic (exact) mass is 359 g/mol. The number of hydrogen-bond acceptors (Lipinski definition) is 1. The van der Waals surface area contributed by atoms with Crippen molar-refractivity contribution in [2.24, 2.45) is 0 Å². The van der Waals surface area contributed by atoms with Gasteiger partial charge in [-0.05, 0) is 17.7 Å². The number of pyridine rings is 1. The minimum absolute atomic E-state index is 0.0143. The number of nitrogens with zero attached hydrogens (tertiary/aromatic N) is 1. The molecule has 0 amide bonds. The summed E-state index contributed by atoms with van der Waals surface area (Å²) in [4.78, 5) is 2.70. The van der Waals surface area contributed by atoms with Crippen molar-refractivity contribution >= 4 is 0 Å². The van der Waals surface area contributed by atoms with Crippen molar-refractivity contribution in [3.05, 3.63) is 53.3 Å². The lowest BCUT2D eigenvalue weighted by Crippen LogP contribution is -2.18. The first-order valence-corrected chi connectivity index (χ1v) is 6.13. The van der Waals surface area contributed by atoms with Gasteiger partial charge in [0.15, 0.2) is 5.69 Å². The highest BCUT2D eigenvalue weighted by Gasteiger charge is 2.45. The fourth-order valence-electron chi connectivity index (χ4n) is 2.04. The summed E-state index contributed by atoms with van der Waals surface area (Å²) in [5, 5.41) is 0. The van der Waals surface area contributed by atoms with Crippen LogP contribution in [0, 0.1) is 0 Å². The quantitative estimate of drug-likeness (QED) is 0.586. The van der Waals surface area contributed by atoms with E-state index < -0.39 is 46.5 Å². The molecular formula is C14H6F9N. The molecule has 24 heavy (non-hydrogen) atoms. The third-order valence-electron chi connectivity index (χ3n) is 3.01. The second kappa shape index (κ2) is 5.67. The van der Waals surface area contributed by atoms with Gasteiger partial charge in [-0.1, -0.05) is 18.2 Å². The molecule has 1 nitrogen and oxygen atoms in total. The molecule has 0 aliphatic carbocycles. The summed E-state index contributed by atoms with van der Waals surface area (Å²) in [6.07, 6.45) is -15.4. The lowest BCUT2D eigenvalue weighted by molar-refractivity contribution is -0.164. The lowest BCUT2D eigenvalue weighted by atomic mass is 9.98. The van der Waals surface area contributed by atoms with Crippen molar-refractivity contribution in [1.29, 1.82) is 0 Å². The standard InChI is InChI=1S/C14H6F9N/c15-12(16,17)9-4-2-1-3-8(9)7-5-10(13(18,19)20)11(24-6-7)14(21,22)23/h1-6H. The summed E-state index contributed by atoms with van der Waals surface area (Å²) < 4.78 is 115. The predicted molar refractivity (Wildman–Crippen MR) is 64.7 cm³/mol. The van der Waals surface area contributed by atoms with E-state index in [1.165, 1.54) is 0 Å². The van der Waals surface area contributed by atoms with Crippen LogP contribution in [0.1, 0.15) is 16.8 Å². The second-order valence-corrected chi connectivity index (χ2v) is 4.66. The average molecular weight is 359 g/mol. The van der Waals surface area contributed by atoms with Gasteiger partial charge in [0.2, 0.25) is 0 Å². The maximum Gasteiger partial charge on any atom is 0.433 e. The number of alkyl halides is 9. The van der Waals surface area contributed by atoms with Gasteiger partial charge in [-0.2, -0.15) is 39.5 Å². The summed E-state index contributed by atoms with van der Waals surface area (Å²) in [7, 11) is 0. The van der Waals surface area contributed by atoms with Crippen molar-refractivity contribution in [2.75, 3.05) is 0 Å². The first-order valence-electron chi connectivity index (χ1n) is 6.13. The molecule has 0 spiro atoms. The van der Waals surface area contributed by atoms with Gasteiger partial charge in [0.05, 0.1) is 11.1 Å². The Morgan fingerprint density at radius 3 is 1.71 bits per heavy atom. The van der Waals surface area contributed by atoms with Gasteiger partial charge in [0.1, 0.15) is 0 Å². The normalized spacial score (nSPS) is 13.2. The number of halogens is 9. The molecule has 0 bridgehead atoms. The zero-order chi connectivity index (χ0) is 18.3. The minimum atomic E-state index is -5.43. The van der Waals surface area contributed by atoms with Crippen molar-refractivity contribution in [2.45, 2.75) is 18.5 Å². The molecule has 0 radical (unpaired) electrons. The van der Waals surface area contributed by atoms with Gasteiger partial charge < -0.3 is 0 Å². The van der Waals surface area contributed by atoms with Crippen LogP contribution in [0.15, 0.2) is 36.5 Å². The zero-order valence-corrected chi connectivity index (χ0v) is 11.3. The maximum atomic E-state index is 12.9. The topological polar surface area (TPSA) is 12.9 Å². The van der Waals surface area contributed by atoms with E-state index in [0.717, 1.165) is 18.2 Å². The Labute approximate surface area is 128 Å². The summed E-state index contributed by atoms with van der Waals surface area (Å²) in [6.45, 7) is 0. The van der Waals surface area contributed by atoms with Crippen molar-refractivity contribution in [3.63, 3.8) is 0 Å². The fraction of sp³-hybridized carbons (Fsp3) is 0.214. The van der Waals surface area contributed by atoms with E-state index in [-0.39, 0.29) is 6.07 Å². The molecule has 0 saturated carbocycles. The van der Waals surface area contributed by atoms with Crippen molar-refractivity contribution < 1.29 is 39.5 Å². The third-order valence-corrected chi connectivity index (χ3v) is 3.01. The van der Waals surface area contributed by atoms with E-state index in [1.807, 2.05) is 0 Å². The summed E-state index contributed by atoms with van der Waals surface area (Å²) >= 11 is 0. The molecule has 0 saturated heterocycles. The molecule has 0 unspecified atom stereocenters. The Morgan fingerprint density at radius 2 is 1.21 bits per heavy atom. The number of benzene rings is 1.